The van der Waals surface area contributed by atoms with Gasteiger partial charge in [0.15, 0.2) is 5.78 Å². The van der Waals surface area contributed by atoms with Crippen molar-refractivity contribution < 1.29 is 32.9 Å². The van der Waals surface area contributed by atoms with Crippen LogP contribution in [-0.4, -0.2) is 46.6 Å². The summed E-state index contributed by atoms with van der Waals surface area (Å²) in [7, 11) is 0. The molecule has 3 saturated carbocycles. The molecule has 0 aromatic rings. The van der Waals surface area contributed by atoms with E-state index in [2.05, 4.69) is 0 Å². The molecule has 3 aliphatic carbocycles. The number of aliphatic hydroxyl groups excluding tert-OH is 2. The Labute approximate surface area is 151 Å². The van der Waals surface area contributed by atoms with Crippen molar-refractivity contribution in [1.82, 2.24) is 0 Å². The summed E-state index contributed by atoms with van der Waals surface area (Å²) in [6.07, 6.45) is 3.24. The smallest absolute Gasteiger partial charge is 0.393 e. The number of fused-ring (bicyclic) bond motifs is 1. The van der Waals surface area contributed by atoms with Crippen LogP contribution in [0.15, 0.2) is 12.2 Å². The maximum absolute atomic E-state index is 12.6. The molecule has 148 valence electrons. The number of ether oxygens (including phenoxy) is 1. The molecular weight excluding hydrogens is 349 g/mol. The average molecular weight is 376 g/mol. The Morgan fingerprint density at radius 1 is 1.23 bits per heavy atom. The molecule has 0 aromatic carbocycles. The largest absolute Gasteiger partial charge is 0.411 e. The first-order valence-corrected chi connectivity index (χ1v) is 9.51. The standard InChI is InChI=1S/C19H27F3O4/c20-19(21,22)11-26-18-9-8-16(24)13(14(18)10-17(18)25)6-7-15(23)12-4-2-1-3-5-12/h6-7,12-16,23-24H,1-5,8-11H2/t13-,14-,15-,16-,18-/m0/s1. The number of carbonyl (C=O) groups excluding carboxylic acids is 1. The second kappa shape index (κ2) is 7.60. The second-order valence-electron chi connectivity index (χ2n) is 7.98. The van der Waals surface area contributed by atoms with E-state index in [4.69, 9.17) is 4.74 Å². The third kappa shape index (κ3) is 3.99. The fourth-order valence-corrected chi connectivity index (χ4v) is 4.82. The fraction of sp³-hybridized carbons (Fsp3) is 0.842. The molecule has 3 aliphatic rings. The summed E-state index contributed by atoms with van der Waals surface area (Å²) in [5.41, 5.74) is -1.43. The predicted molar refractivity (Wildman–Crippen MR) is 88.3 cm³/mol. The van der Waals surface area contributed by atoms with Crippen molar-refractivity contribution >= 4 is 5.78 Å². The molecule has 0 heterocycles. The third-order valence-electron chi connectivity index (χ3n) is 6.35. The summed E-state index contributed by atoms with van der Waals surface area (Å²) in [4.78, 5) is 12.1. The minimum atomic E-state index is -4.49. The van der Waals surface area contributed by atoms with Gasteiger partial charge in [-0.3, -0.25) is 4.79 Å². The number of ketones is 1. The quantitative estimate of drug-likeness (QED) is 0.724. The third-order valence-corrected chi connectivity index (χ3v) is 6.35. The Bertz CT molecular complexity index is 541. The Balaban J connectivity index is 1.68. The van der Waals surface area contributed by atoms with Crippen LogP contribution in [0, 0.1) is 17.8 Å². The van der Waals surface area contributed by atoms with Gasteiger partial charge in [0, 0.05) is 18.3 Å². The number of carbonyl (C=O) groups is 1. The molecule has 0 spiro atoms. The number of rotatable bonds is 5. The first kappa shape index (κ1) is 19.8. The van der Waals surface area contributed by atoms with E-state index < -0.39 is 42.4 Å². The number of aliphatic hydroxyl groups is 2. The average Bonchev–Trinajstić information content (AvgIpc) is 2.60. The molecule has 26 heavy (non-hydrogen) atoms. The number of hydrogen-bond donors (Lipinski definition) is 2. The van der Waals surface area contributed by atoms with Gasteiger partial charge in [0.1, 0.15) is 12.2 Å². The topological polar surface area (TPSA) is 66.8 Å². The lowest BCUT2D eigenvalue weighted by Crippen LogP contribution is -2.65. The lowest BCUT2D eigenvalue weighted by Gasteiger charge is -2.54. The lowest BCUT2D eigenvalue weighted by atomic mass is 9.55. The van der Waals surface area contributed by atoms with Gasteiger partial charge in [0.2, 0.25) is 0 Å². The van der Waals surface area contributed by atoms with Gasteiger partial charge in [-0.25, -0.2) is 0 Å². The van der Waals surface area contributed by atoms with Crippen LogP contribution in [0.2, 0.25) is 0 Å². The maximum atomic E-state index is 12.6. The summed E-state index contributed by atoms with van der Waals surface area (Å²) in [5, 5.41) is 20.7. The highest BCUT2D eigenvalue weighted by Crippen LogP contribution is 2.52. The molecule has 0 amide bonds. The van der Waals surface area contributed by atoms with Gasteiger partial charge in [-0.1, -0.05) is 31.4 Å². The van der Waals surface area contributed by atoms with Gasteiger partial charge >= 0.3 is 6.18 Å². The van der Waals surface area contributed by atoms with E-state index in [1.54, 1.807) is 12.2 Å². The maximum Gasteiger partial charge on any atom is 0.411 e. The van der Waals surface area contributed by atoms with Gasteiger partial charge in [0.25, 0.3) is 0 Å². The Morgan fingerprint density at radius 3 is 2.54 bits per heavy atom. The van der Waals surface area contributed by atoms with Gasteiger partial charge < -0.3 is 14.9 Å². The Morgan fingerprint density at radius 2 is 1.92 bits per heavy atom. The van der Waals surface area contributed by atoms with E-state index >= 15 is 0 Å². The van der Waals surface area contributed by atoms with Crippen LogP contribution >= 0.6 is 0 Å². The van der Waals surface area contributed by atoms with E-state index in [0.717, 1.165) is 25.7 Å². The molecule has 4 nitrogen and oxygen atoms in total. The number of hydrogen-bond acceptors (Lipinski definition) is 4. The predicted octanol–water partition coefficient (Wildman–Crippen LogP) is 3.16. The first-order valence-electron chi connectivity index (χ1n) is 9.51. The van der Waals surface area contributed by atoms with E-state index in [0.29, 0.717) is 0 Å². The van der Waals surface area contributed by atoms with Crippen molar-refractivity contribution in [1.29, 1.82) is 0 Å². The van der Waals surface area contributed by atoms with E-state index in [1.165, 1.54) is 6.42 Å². The molecule has 0 aliphatic heterocycles. The van der Waals surface area contributed by atoms with Crippen LogP contribution in [0.3, 0.4) is 0 Å². The molecule has 0 radical (unpaired) electrons. The fourth-order valence-electron chi connectivity index (χ4n) is 4.82. The van der Waals surface area contributed by atoms with Crippen LogP contribution in [0.4, 0.5) is 13.2 Å². The van der Waals surface area contributed by atoms with E-state index in [9.17, 15) is 28.2 Å². The highest BCUT2D eigenvalue weighted by molar-refractivity contribution is 5.94. The van der Waals surface area contributed by atoms with Gasteiger partial charge in [-0.2, -0.15) is 13.2 Å². The first-order chi connectivity index (χ1) is 12.2. The molecule has 3 rings (SSSR count). The summed E-state index contributed by atoms with van der Waals surface area (Å²) >= 11 is 0. The van der Waals surface area contributed by atoms with Gasteiger partial charge in [0.05, 0.1) is 12.2 Å². The van der Waals surface area contributed by atoms with Crippen molar-refractivity contribution in [2.45, 2.75) is 75.4 Å². The number of alkyl halides is 3. The molecule has 0 bridgehead atoms. The zero-order valence-electron chi connectivity index (χ0n) is 14.8. The van der Waals surface area contributed by atoms with Crippen molar-refractivity contribution in [3.63, 3.8) is 0 Å². The zero-order valence-corrected chi connectivity index (χ0v) is 14.8. The lowest BCUT2D eigenvalue weighted by molar-refractivity contribution is -0.243. The van der Waals surface area contributed by atoms with Crippen LogP contribution in [-0.2, 0) is 9.53 Å². The number of halogens is 3. The minimum Gasteiger partial charge on any atom is -0.393 e. The summed E-state index contributed by atoms with van der Waals surface area (Å²) in [6, 6.07) is 0. The monoisotopic (exact) mass is 376 g/mol. The van der Waals surface area contributed by atoms with E-state index in [-0.39, 0.29) is 31.0 Å². The molecule has 2 N–H and O–H groups in total. The SMILES string of the molecule is O=C1C[C@H]2[C@H](C=C[C@H](O)C3CCCCC3)[C@@H](O)CC[C@@]12OCC(F)(F)F. The second-order valence-corrected chi connectivity index (χ2v) is 7.98. The molecule has 5 atom stereocenters. The Hall–Kier alpha value is -0.920. The van der Waals surface area contributed by atoms with Crippen molar-refractivity contribution in [3.8, 4) is 0 Å². The van der Waals surface area contributed by atoms with Crippen LogP contribution in [0.1, 0.15) is 51.4 Å². The van der Waals surface area contributed by atoms with Crippen LogP contribution < -0.4 is 0 Å². The highest BCUT2D eigenvalue weighted by Gasteiger charge is 2.62. The molecular formula is C19H27F3O4. The van der Waals surface area contributed by atoms with Crippen LogP contribution in [0.5, 0.6) is 0 Å². The van der Waals surface area contributed by atoms with Gasteiger partial charge in [-0.15, -0.1) is 0 Å². The van der Waals surface area contributed by atoms with Crippen molar-refractivity contribution in [3.05, 3.63) is 12.2 Å². The van der Waals surface area contributed by atoms with Crippen molar-refractivity contribution in [2.24, 2.45) is 17.8 Å². The summed E-state index contributed by atoms with van der Waals surface area (Å²) < 4.78 is 42.7. The normalized spacial score (nSPS) is 37.4. The molecule has 0 saturated heterocycles. The highest BCUT2D eigenvalue weighted by atomic mass is 19.4. The Kier molecular flexibility index (Phi) is 5.80. The summed E-state index contributed by atoms with van der Waals surface area (Å²) in [6.45, 7) is -1.45. The van der Waals surface area contributed by atoms with Crippen LogP contribution in [0.25, 0.3) is 0 Å². The minimum absolute atomic E-state index is 0.114. The van der Waals surface area contributed by atoms with E-state index in [1.807, 2.05) is 0 Å². The van der Waals surface area contributed by atoms with Crippen molar-refractivity contribution in [2.75, 3.05) is 6.61 Å². The zero-order chi connectivity index (χ0) is 18.9. The molecule has 3 fully saturated rings. The molecule has 0 aromatic heterocycles. The summed E-state index contributed by atoms with van der Waals surface area (Å²) in [5.74, 6) is -1.05. The molecule has 7 heteroatoms. The van der Waals surface area contributed by atoms with Gasteiger partial charge in [-0.05, 0) is 31.6 Å². The molecule has 0 unspecified atom stereocenters. The number of Topliss-reactive ketones (excluding diaryl/α,β-unsaturated/α-hetero) is 1.